The van der Waals surface area contributed by atoms with Crippen molar-refractivity contribution in [1.82, 2.24) is 9.88 Å². The van der Waals surface area contributed by atoms with Gasteiger partial charge in [0, 0.05) is 25.2 Å². The summed E-state index contributed by atoms with van der Waals surface area (Å²) in [5, 5.41) is 0. The standard InChI is InChI=1S/C15H26N4/c1-4-18(5-2)14-8-9-19(11-14)13-6-7-15(12(3)16)17-10-13/h6-7,10,12,14H,4-5,8-9,11,16H2,1-3H3/t12-,14?/m1/s1. The lowest BCUT2D eigenvalue weighted by Crippen LogP contribution is -2.37. The van der Waals surface area contributed by atoms with Crippen molar-refractivity contribution in [3.05, 3.63) is 24.0 Å². The lowest BCUT2D eigenvalue weighted by Gasteiger charge is -2.26. The van der Waals surface area contributed by atoms with Crippen LogP contribution in [-0.4, -0.2) is 42.1 Å². The molecule has 106 valence electrons. The first-order valence-electron chi connectivity index (χ1n) is 7.36. The molecule has 2 rings (SSSR count). The van der Waals surface area contributed by atoms with E-state index in [4.69, 9.17) is 5.73 Å². The number of anilines is 1. The Labute approximate surface area is 116 Å². The van der Waals surface area contributed by atoms with Crippen molar-refractivity contribution in [1.29, 1.82) is 0 Å². The molecule has 2 atom stereocenters. The second-order valence-corrected chi connectivity index (χ2v) is 5.34. The fraction of sp³-hybridized carbons (Fsp3) is 0.667. The first kappa shape index (κ1) is 14.3. The predicted octanol–water partition coefficient (Wildman–Crippen LogP) is 2.02. The molecule has 1 fully saturated rings. The molecule has 0 spiro atoms. The van der Waals surface area contributed by atoms with Gasteiger partial charge in [0.2, 0.25) is 0 Å². The summed E-state index contributed by atoms with van der Waals surface area (Å²) >= 11 is 0. The molecule has 1 aromatic heterocycles. The Bertz CT molecular complexity index is 384. The summed E-state index contributed by atoms with van der Waals surface area (Å²) in [4.78, 5) is 9.43. The fourth-order valence-electron chi connectivity index (χ4n) is 2.87. The third-order valence-corrected chi connectivity index (χ3v) is 4.09. The molecule has 2 N–H and O–H groups in total. The molecule has 0 aromatic carbocycles. The largest absolute Gasteiger partial charge is 0.369 e. The zero-order valence-electron chi connectivity index (χ0n) is 12.3. The Balaban J connectivity index is 2.00. The number of hydrogen-bond donors (Lipinski definition) is 1. The first-order valence-corrected chi connectivity index (χ1v) is 7.36. The molecular weight excluding hydrogens is 236 g/mol. The van der Waals surface area contributed by atoms with Gasteiger partial charge < -0.3 is 10.6 Å². The minimum Gasteiger partial charge on any atom is -0.369 e. The van der Waals surface area contributed by atoms with E-state index < -0.39 is 0 Å². The minimum atomic E-state index is 0.0102. The highest BCUT2D eigenvalue weighted by Gasteiger charge is 2.26. The van der Waals surface area contributed by atoms with E-state index in [9.17, 15) is 0 Å². The minimum absolute atomic E-state index is 0.0102. The second-order valence-electron chi connectivity index (χ2n) is 5.34. The van der Waals surface area contributed by atoms with E-state index in [-0.39, 0.29) is 6.04 Å². The molecule has 0 radical (unpaired) electrons. The van der Waals surface area contributed by atoms with Gasteiger partial charge in [-0.2, -0.15) is 0 Å². The van der Waals surface area contributed by atoms with Gasteiger partial charge in [-0.15, -0.1) is 0 Å². The van der Waals surface area contributed by atoms with E-state index in [1.807, 2.05) is 19.2 Å². The first-order chi connectivity index (χ1) is 9.15. The average molecular weight is 262 g/mol. The van der Waals surface area contributed by atoms with E-state index in [2.05, 4.69) is 34.7 Å². The molecule has 19 heavy (non-hydrogen) atoms. The Morgan fingerprint density at radius 3 is 2.68 bits per heavy atom. The number of rotatable bonds is 5. The van der Waals surface area contributed by atoms with Crippen molar-refractivity contribution < 1.29 is 0 Å². The maximum absolute atomic E-state index is 5.83. The molecule has 2 heterocycles. The molecule has 0 saturated carbocycles. The van der Waals surface area contributed by atoms with Crippen LogP contribution in [0.15, 0.2) is 18.3 Å². The van der Waals surface area contributed by atoms with Crippen LogP contribution in [0.1, 0.15) is 38.9 Å². The van der Waals surface area contributed by atoms with Crippen molar-refractivity contribution in [2.75, 3.05) is 31.1 Å². The van der Waals surface area contributed by atoms with Crippen LogP contribution >= 0.6 is 0 Å². The number of nitrogens with two attached hydrogens (primary N) is 1. The molecule has 0 amide bonds. The third-order valence-electron chi connectivity index (χ3n) is 4.09. The Morgan fingerprint density at radius 1 is 1.42 bits per heavy atom. The number of hydrogen-bond acceptors (Lipinski definition) is 4. The van der Waals surface area contributed by atoms with Crippen molar-refractivity contribution in [3.63, 3.8) is 0 Å². The lowest BCUT2D eigenvalue weighted by molar-refractivity contribution is 0.232. The summed E-state index contributed by atoms with van der Waals surface area (Å²) < 4.78 is 0. The van der Waals surface area contributed by atoms with E-state index in [0.717, 1.165) is 31.9 Å². The molecule has 1 saturated heterocycles. The van der Waals surface area contributed by atoms with Gasteiger partial charge in [-0.1, -0.05) is 13.8 Å². The second kappa shape index (κ2) is 6.35. The van der Waals surface area contributed by atoms with Crippen molar-refractivity contribution in [3.8, 4) is 0 Å². The normalized spacial score (nSPS) is 21.1. The molecular formula is C15H26N4. The monoisotopic (exact) mass is 262 g/mol. The molecule has 1 aliphatic heterocycles. The zero-order valence-corrected chi connectivity index (χ0v) is 12.3. The number of likely N-dealkylation sites (N-methyl/N-ethyl adjacent to an activating group) is 1. The maximum Gasteiger partial charge on any atom is 0.0569 e. The summed E-state index contributed by atoms with van der Waals surface area (Å²) in [6, 6.07) is 4.89. The Hall–Kier alpha value is -1.13. The van der Waals surface area contributed by atoms with Crippen molar-refractivity contribution in [2.24, 2.45) is 5.73 Å². The fourth-order valence-corrected chi connectivity index (χ4v) is 2.87. The van der Waals surface area contributed by atoms with Crippen LogP contribution in [0.3, 0.4) is 0 Å². The van der Waals surface area contributed by atoms with Gasteiger partial charge in [-0.3, -0.25) is 9.88 Å². The molecule has 1 aliphatic rings. The van der Waals surface area contributed by atoms with Gasteiger partial charge in [0.05, 0.1) is 17.6 Å². The van der Waals surface area contributed by atoms with Crippen LogP contribution in [0.4, 0.5) is 5.69 Å². The number of nitrogens with zero attached hydrogens (tertiary/aromatic N) is 3. The highest BCUT2D eigenvalue weighted by Crippen LogP contribution is 2.23. The molecule has 4 nitrogen and oxygen atoms in total. The van der Waals surface area contributed by atoms with Gasteiger partial charge in [0.15, 0.2) is 0 Å². The summed E-state index contributed by atoms with van der Waals surface area (Å²) in [7, 11) is 0. The molecule has 1 unspecified atom stereocenters. The highest BCUT2D eigenvalue weighted by molar-refractivity contribution is 5.46. The zero-order chi connectivity index (χ0) is 13.8. The molecule has 4 heteroatoms. The van der Waals surface area contributed by atoms with Gasteiger partial charge in [-0.25, -0.2) is 0 Å². The van der Waals surface area contributed by atoms with Crippen LogP contribution < -0.4 is 10.6 Å². The molecule has 1 aromatic rings. The van der Waals surface area contributed by atoms with Crippen LogP contribution in [-0.2, 0) is 0 Å². The van der Waals surface area contributed by atoms with Gasteiger partial charge in [0.25, 0.3) is 0 Å². The van der Waals surface area contributed by atoms with E-state index in [1.54, 1.807) is 0 Å². The smallest absolute Gasteiger partial charge is 0.0569 e. The van der Waals surface area contributed by atoms with Crippen molar-refractivity contribution in [2.45, 2.75) is 39.3 Å². The maximum atomic E-state index is 5.83. The van der Waals surface area contributed by atoms with Crippen LogP contribution in [0, 0.1) is 0 Å². The van der Waals surface area contributed by atoms with E-state index in [1.165, 1.54) is 12.1 Å². The number of aromatic nitrogens is 1. The Morgan fingerprint density at radius 2 is 2.16 bits per heavy atom. The summed E-state index contributed by atoms with van der Waals surface area (Å²) in [5.41, 5.74) is 8.01. The summed E-state index contributed by atoms with van der Waals surface area (Å²) in [5.74, 6) is 0. The van der Waals surface area contributed by atoms with Gasteiger partial charge in [0.1, 0.15) is 0 Å². The van der Waals surface area contributed by atoms with Gasteiger partial charge in [-0.05, 0) is 38.6 Å². The van der Waals surface area contributed by atoms with Crippen LogP contribution in [0.25, 0.3) is 0 Å². The quantitative estimate of drug-likeness (QED) is 0.882. The average Bonchev–Trinajstić information content (AvgIpc) is 2.90. The molecule has 0 aliphatic carbocycles. The summed E-state index contributed by atoms with van der Waals surface area (Å²) in [6.07, 6.45) is 3.21. The summed E-state index contributed by atoms with van der Waals surface area (Å²) in [6.45, 7) is 11.0. The third kappa shape index (κ3) is 3.25. The van der Waals surface area contributed by atoms with E-state index >= 15 is 0 Å². The van der Waals surface area contributed by atoms with Gasteiger partial charge >= 0.3 is 0 Å². The molecule has 0 bridgehead atoms. The van der Waals surface area contributed by atoms with Crippen LogP contribution in [0.5, 0.6) is 0 Å². The highest BCUT2D eigenvalue weighted by atomic mass is 15.3. The SMILES string of the molecule is CCN(CC)C1CCN(c2ccc([C@@H](C)N)nc2)C1. The van der Waals surface area contributed by atoms with Crippen molar-refractivity contribution >= 4 is 5.69 Å². The lowest BCUT2D eigenvalue weighted by atomic mass is 10.2. The van der Waals surface area contributed by atoms with E-state index in [0.29, 0.717) is 6.04 Å². The predicted molar refractivity (Wildman–Crippen MR) is 80.4 cm³/mol. The van der Waals surface area contributed by atoms with Crippen LogP contribution in [0.2, 0.25) is 0 Å². The number of pyridine rings is 1. The topological polar surface area (TPSA) is 45.4 Å². The Kier molecular flexibility index (Phi) is 4.77.